The van der Waals surface area contributed by atoms with Crippen molar-refractivity contribution in [1.29, 1.82) is 0 Å². The van der Waals surface area contributed by atoms with Crippen LogP contribution in [0.3, 0.4) is 0 Å². The lowest BCUT2D eigenvalue weighted by Gasteiger charge is -2.45. The standard InChI is InChI=1S/C17H15ClN2O4/c1-2-19-15(13-5-3-4-6-14(13)20(22)23)16(17(19)21)24-12-9-7-11(18)8-10-12/h3-10,15-16H,2H2,1H3. The van der Waals surface area contributed by atoms with Gasteiger partial charge in [0.15, 0.2) is 0 Å². The molecule has 2 aromatic carbocycles. The number of hydrogen-bond acceptors (Lipinski definition) is 4. The molecule has 1 saturated heterocycles. The highest BCUT2D eigenvalue weighted by atomic mass is 35.5. The number of nitro benzene ring substituents is 1. The highest BCUT2D eigenvalue weighted by molar-refractivity contribution is 6.30. The lowest BCUT2D eigenvalue weighted by atomic mass is 9.89. The summed E-state index contributed by atoms with van der Waals surface area (Å²) in [6.45, 7) is 2.29. The summed E-state index contributed by atoms with van der Waals surface area (Å²) in [5.41, 5.74) is 0.459. The summed E-state index contributed by atoms with van der Waals surface area (Å²) in [4.78, 5) is 24.8. The molecule has 1 fully saturated rings. The SMILES string of the molecule is CCN1C(=O)C(Oc2ccc(Cl)cc2)C1c1ccccc1[N+](=O)[O-]. The number of halogens is 1. The molecule has 124 valence electrons. The van der Waals surface area contributed by atoms with Crippen LogP contribution in [-0.2, 0) is 4.79 Å². The van der Waals surface area contributed by atoms with E-state index in [0.29, 0.717) is 22.9 Å². The van der Waals surface area contributed by atoms with Crippen LogP contribution in [0.15, 0.2) is 48.5 Å². The van der Waals surface area contributed by atoms with E-state index < -0.39 is 17.1 Å². The van der Waals surface area contributed by atoms with Crippen molar-refractivity contribution in [3.63, 3.8) is 0 Å². The topological polar surface area (TPSA) is 72.7 Å². The minimum atomic E-state index is -0.785. The summed E-state index contributed by atoms with van der Waals surface area (Å²) < 4.78 is 5.78. The smallest absolute Gasteiger partial charge is 0.274 e. The quantitative estimate of drug-likeness (QED) is 0.471. The van der Waals surface area contributed by atoms with Gasteiger partial charge in [0.25, 0.3) is 11.6 Å². The molecule has 2 unspecified atom stereocenters. The molecule has 6 nitrogen and oxygen atoms in total. The van der Waals surface area contributed by atoms with E-state index in [-0.39, 0.29) is 11.6 Å². The van der Waals surface area contributed by atoms with Crippen LogP contribution in [0.25, 0.3) is 0 Å². The van der Waals surface area contributed by atoms with E-state index in [0.717, 1.165) is 0 Å². The van der Waals surface area contributed by atoms with Crippen molar-refractivity contribution < 1.29 is 14.5 Å². The minimum Gasteiger partial charge on any atom is -0.478 e. The number of para-hydroxylation sites is 1. The van der Waals surface area contributed by atoms with Gasteiger partial charge in [0.05, 0.1) is 10.5 Å². The molecular weight excluding hydrogens is 332 g/mol. The molecule has 24 heavy (non-hydrogen) atoms. The Balaban J connectivity index is 1.93. The number of benzene rings is 2. The Morgan fingerprint density at radius 1 is 1.21 bits per heavy atom. The van der Waals surface area contributed by atoms with Crippen LogP contribution in [0.1, 0.15) is 18.5 Å². The molecule has 0 bridgehead atoms. The first kappa shape index (κ1) is 16.3. The van der Waals surface area contributed by atoms with E-state index in [2.05, 4.69) is 0 Å². The van der Waals surface area contributed by atoms with Crippen molar-refractivity contribution in [3.8, 4) is 5.75 Å². The Kier molecular flexibility index (Phi) is 4.40. The second-order valence-electron chi connectivity index (χ2n) is 5.38. The van der Waals surface area contributed by atoms with Gasteiger partial charge in [-0.2, -0.15) is 0 Å². The molecule has 1 heterocycles. The summed E-state index contributed by atoms with van der Waals surface area (Å²) in [6.07, 6.45) is -0.785. The molecule has 2 atom stereocenters. The number of likely N-dealkylation sites (N-methyl/N-ethyl adjacent to an activating group) is 1. The number of hydrogen-bond donors (Lipinski definition) is 0. The second-order valence-corrected chi connectivity index (χ2v) is 5.81. The first-order valence-electron chi connectivity index (χ1n) is 7.49. The van der Waals surface area contributed by atoms with Crippen molar-refractivity contribution in [3.05, 3.63) is 69.2 Å². The number of β-lactam (4-membered cyclic amide) rings is 1. The maximum Gasteiger partial charge on any atom is 0.274 e. The van der Waals surface area contributed by atoms with Gasteiger partial charge in [0.1, 0.15) is 11.8 Å². The predicted molar refractivity (Wildman–Crippen MR) is 89.1 cm³/mol. The Hall–Kier alpha value is -2.60. The highest BCUT2D eigenvalue weighted by Crippen LogP contribution is 2.41. The lowest BCUT2D eigenvalue weighted by molar-refractivity contribution is -0.386. The number of nitrogens with zero attached hydrogens (tertiary/aromatic N) is 2. The van der Waals surface area contributed by atoms with Crippen molar-refractivity contribution in [2.24, 2.45) is 0 Å². The second kappa shape index (κ2) is 6.49. The van der Waals surface area contributed by atoms with E-state index in [1.54, 1.807) is 47.4 Å². The molecule has 1 aliphatic rings. The summed E-state index contributed by atoms with van der Waals surface area (Å²) in [5.74, 6) is 0.313. The Labute approximate surface area is 143 Å². The fourth-order valence-electron chi connectivity index (χ4n) is 2.88. The average molecular weight is 347 g/mol. The lowest BCUT2D eigenvalue weighted by Crippen LogP contribution is -2.61. The van der Waals surface area contributed by atoms with Crippen LogP contribution in [-0.4, -0.2) is 28.4 Å². The maximum atomic E-state index is 12.3. The van der Waals surface area contributed by atoms with Gasteiger partial charge in [-0.15, -0.1) is 0 Å². The van der Waals surface area contributed by atoms with Crippen LogP contribution < -0.4 is 4.74 Å². The van der Waals surface area contributed by atoms with E-state index in [4.69, 9.17) is 16.3 Å². The van der Waals surface area contributed by atoms with Gasteiger partial charge in [0, 0.05) is 17.6 Å². The number of carbonyl (C=O) groups excluding carboxylic acids is 1. The first-order chi connectivity index (χ1) is 11.5. The van der Waals surface area contributed by atoms with Crippen LogP contribution in [0, 0.1) is 10.1 Å². The zero-order valence-corrected chi connectivity index (χ0v) is 13.6. The molecule has 0 aliphatic carbocycles. The van der Waals surface area contributed by atoms with Gasteiger partial charge >= 0.3 is 0 Å². The Bertz CT molecular complexity index is 778. The predicted octanol–water partition coefficient (Wildman–Crippen LogP) is 3.60. The number of amides is 1. The molecule has 3 rings (SSSR count). The molecule has 7 heteroatoms. The average Bonchev–Trinajstić information content (AvgIpc) is 2.58. The zero-order chi connectivity index (χ0) is 17.3. The van der Waals surface area contributed by atoms with Gasteiger partial charge in [0.2, 0.25) is 6.10 Å². The molecule has 1 aliphatic heterocycles. The summed E-state index contributed by atoms with van der Waals surface area (Å²) in [6, 6.07) is 12.6. The molecule has 0 radical (unpaired) electrons. The van der Waals surface area contributed by atoms with Gasteiger partial charge in [-0.1, -0.05) is 23.7 Å². The molecule has 2 aromatic rings. The molecular formula is C17H15ClN2O4. The highest BCUT2D eigenvalue weighted by Gasteiger charge is 2.51. The summed E-state index contributed by atoms with van der Waals surface area (Å²) in [7, 11) is 0. The molecule has 1 amide bonds. The Morgan fingerprint density at radius 3 is 2.50 bits per heavy atom. The van der Waals surface area contributed by atoms with E-state index in [1.807, 2.05) is 6.92 Å². The summed E-state index contributed by atoms with van der Waals surface area (Å²) in [5, 5.41) is 11.9. The number of likely N-dealkylation sites (tertiary alicyclic amines) is 1. The van der Waals surface area contributed by atoms with E-state index in [1.165, 1.54) is 6.07 Å². The van der Waals surface area contributed by atoms with Gasteiger partial charge in [-0.3, -0.25) is 14.9 Å². The van der Waals surface area contributed by atoms with Crippen LogP contribution in [0.5, 0.6) is 5.75 Å². The van der Waals surface area contributed by atoms with Gasteiger partial charge in [-0.25, -0.2) is 0 Å². The maximum absolute atomic E-state index is 12.3. The number of ether oxygens (including phenoxy) is 1. The van der Waals surface area contributed by atoms with Crippen molar-refractivity contribution in [2.75, 3.05) is 6.54 Å². The van der Waals surface area contributed by atoms with Crippen molar-refractivity contribution in [2.45, 2.75) is 19.1 Å². The number of carbonyl (C=O) groups is 1. The van der Waals surface area contributed by atoms with Crippen molar-refractivity contribution >= 4 is 23.2 Å². The van der Waals surface area contributed by atoms with Gasteiger partial charge < -0.3 is 9.64 Å². The molecule has 0 spiro atoms. The molecule has 0 saturated carbocycles. The van der Waals surface area contributed by atoms with Gasteiger partial charge in [-0.05, 0) is 37.3 Å². The van der Waals surface area contributed by atoms with E-state index in [9.17, 15) is 14.9 Å². The molecule has 0 aromatic heterocycles. The minimum absolute atomic E-state index is 0.0156. The summed E-state index contributed by atoms with van der Waals surface area (Å²) >= 11 is 5.84. The molecule has 0 N–H and O–H groups in total. The third-order valence-corrected chi connectivity index (χ3v) is 4.27. The first-order valence-corrected chi connectivity index (χ1v) is 7.86. The van der Waals surface area contributed by atoms with Crippen molar-refractivity contribution in [1.82, 2.24) is 4.90 Å². The fraction of sp³-hybridized carbons (Fsp3) is 0.235. The Morgan fingerprint density at radius 2 is 1.88 bits per heavy atom. The fourth-order valence-corrected chi connectivity index (χ4v) is 3.00. The zero-order valence-electron chi connectivity index (χ0n) is 12.9. The van der Waals surface area contributed by atoms with E-state index >= 15 is 0 Å². The monoisotopic (exact) mass is 346 g/mol. The third-order valence-electron chi connectivity index (χ3n) is 4.02. The number of rotatable bonds is 5. The normalized spacial score (nSPS) is 19.8. The van der Waals surface area contributed by atoms with Crippen LogP contribution in [0.2, 0.25) is 5.02 Å². The van der Waals surface area contributed by atoms with Crippen LogP contribution >= 0.6 is 11.6 Å². The third kappa shape index (κ3) is 2.80. The number of nitro groups is 1. The largest absolute Gasteiger partial charge is 0.478 e. The van der Waals surface area contributed by atoms with Crippen LogP contribution in [0.4, 0.5) is 5.69 Å².